The smallest absolute Gasteiger partial charge is 0.295 e. The molecule has 0 saturated heterocycles. The van der Waals surface area contributed by atoms with E-state index in [9.17, 15) is 18.9 Å². The average Bonchev–Trinajstić information content (AvgIpc) is 2.82. The molecule has 0 radical (unpaired) electrons. The van der Waals surface area contributed by atoms with Crippen molar-refractivity contribution in [1.29, 1.82) is 0 Å². The van der Waals surface area contributed by atoms with Gasteiger partial charge in [-0.25, -0.2) is 8.78 Å². The molecule has 0 atom stereocenters. The number of aryl methyl sites for hydroxylation is 1. The Morgan fingerprint density at radius 3 is 2.79 bits per heavy atom. The summed E-state index contributed by atoms with van der Waals surface area (Å²) >= 11 is 0. The summed E-state index contributed by atoms with van der Waals surface area (Å²) in [6, 6.07) is 1.62. The molecule has 6 nitrogen and oxygen atoms in total. The van der Waals surface area contributed by atoms with Crippen LogP contribution in [0.5, 0.6) is 0 Å². The summed E-state index contributed by atoms with van der Waals surface area (Å²) in [4.78, 5) is 10.0. The van der Waals surface area contributed by atoms with Gasteiger partial charge < -0.3 is 5.32 Å². The minimum Gasteiger partial charge on any atom is -0.345 e. The maximum atomic E-state index is 13.6. The highest BCUT2D eigenvalue weighted by atomic mass is 19.2. The van der Waals surface area contributed by atoms with Gasteiger partial charge in [-0.3, -0.25) is 14.8 Å². The molecule has 1 N–H and O–H groups in total. The summed E-state index contributed by atoms with van der Waals surface area (Å²) in [5, 5.41) is 17.2. The van der Waals surface area contributed by atoms with E-state index in [0.717, 1.165) is 6.07 Å². The summed E-state index contributed by atoms with van der Waals surface area (Å²) < 4.78 is 28.3. The number of nitro groups is 1. The Morgan fingerprint density at radius 2 is 2.21 bits per heavy atom. The first-order valence-corrected chi connectivity index (χ1v) is 5.44. The molecule has 0 bridgehead atoms. The molecular weight excluding hydrogens is 258 g/mol. The van der Waals surface area contributed by atoms with Gasteiger partial charge in [0, 0.05) is 18.8 Å². The Hall–Kier alpha value is -2.51. The van der Waals surface area contributed by atoms with E-state index in [1.165, 1.54) is 12.4 Å². The van der Waals surface area contributed by atoms with Crippen LogP contribution < -0.4 is 5.32 Å². The van der Waals surface area contributed by atoms with Gasteiger partial charge in [-0.15, -0.1) is 0 Å². The lowest BCUT2D eigenvalue weighted by atomic mass is 10.2. The fraction of sp³-hybridized carbons (Fsp3) is 0.182. The number of nitrogens with zero attached hydrogens (tertiary/aromatic N) is 3. The fourth-order valence-corrected chi connectivity index (χ4v) is 1.56. The molecule has 0 saturated carbocycles. The minimum absolute atomic E-state index is 0.342. The maximum Gasteiger partial charge on any atom is 0.295 e. The third-order valence-electron chi connectivity index (χ3n) is 2.50. The first-order chi connectivity index (χ1) is 9.02. The third kappa shape index (κ3) is 2.51. The largest absolute Gasteiger partial charge is 0.345 e. The monoisotopic (exact) mass is 268 g/mol. The van der Waals surface area contributed by atoms with E-state index >= 15 is 0 Å². The summed E-state index contributed by atoms with van der Waals surface area (Å²) in [6.07, 6.45) is 2.91. The van der Waals surface area contributed by atoms with Crippen molar-refractivity contribution in [1.82, 2.24) is 9.78 Å². The first-order valence-electron chi connectivity index (χ1n) is 5.44. The lowest BCUT2D eigenvalue weighted by Crippen LogP contribution is -2.01. The van der Waals surface area contributed by atoms with Crippen LogP contribution in [-0.2, 0) is 6.54 Å². The molecule has 0 spiro atoms. The summed E-state index contributed by atoms with van der Waals surface area (Å²) in [5.41, 5.74) is -0.710. The number of nitrogens with one attached hydrogen (secondary N) is 1. The van der Waals surface area contributed by atoms with Gasteiger partial charge in [0.25, 0.3) is 5.69 Å². The number of rotatable bonds is 4. The molecular formula is C11H10F2N4O2. The topological polar surface area (TPSA) is 73.0 Å². The van der Waals surface area contributed by atoms with Crippen LogP contribution in [0.1, 0.15) is 6.92 Å². The van der Waals surface area contributed by atoms with Crippen molar-refractivity contribution in [3.63, 3.8) is 0 Å². The molecule has 1 heterocycles. The summed E-state index contributed by atoms with van der Waals surface area (Å²) in [7, 11) is 0. The van der Waals surface area contributed by atoms with Gasteiger partial charge >= 0.3 is 0 Å². The van der Waals surface area contributed by atoms with Gasteiger partial charge in [0.2, 0.25) is 0 Å². The van der Waals surface area contributed by atoms with Crippen molar-refractivity contribution in [2.75, 3.05) is 5.32 Å². The van der Waals surface area contributed by atoms with Crippen molar-refractivity contribution in [3.8, 4) is 0 Å². The Labute approximate surface area is 106 Å². The van der Waals surface area contributed by atoms with Crippen molar-refractivity contribution in [3.05, 3.63) is 46.3 Å². The van der Waals surface area contributed by atoms with E-state index in [-0.39, 0.29) is 0 Å². The van der Waals surface area contributed by atoms with Gasteiger partial charge in [-0.05, 0) is 13.0 Å². The van der Waals surface area contributed by atoms with Crippen LogP contribution in [-0.4, -0.2) is 14.7 Å². The van der Waals surface area contributed by atoms with Crippen molar-refractivity contribution in [2.45, 2.75) is 13.5 Å². The molecule has 19 heavy (non-hydrogen) atoms. The first kappa shape index (κ1) is 12.9. The van der Waals surface area contributed by atoms with Crippen LogP contribution in [0.4, 0.5) is 25.8 Å². The van der Waals surface area contributed by atoms with Crippen molar-refractivity contribution < 1.29 is 13.7 Å². The quantitative estimate of drug-likeness (QED) is 0.683. The van der Waals surface area contributed by atoms with Gasteiger partial charge in [0.05, 0.1) is 16.8 Å². The van der Waals surface area contributed by atoms with Gasteiger partial charge in [0.15, 0.2) is 17.3 Å². The Balaban J connectivity index is 2.42. The standard InChI is InChI=1S/C11H10F2N4O2/c1-2-16-6-7(5-14-16)15-11-9(17(18)19)4-3-8(12)10(11)13/h3-6,15H,2H2,1H3. The van der Waals surface area contributed by atoms with Crippen LogP contribution in [0.25, 0.3) is 0 Å². The fourth-order valence-electron chi connectivity index (χ4n) is 1.56. The van der Waals surface area contributed by atoms with Crippen LogP contribution in [0.2, 0.25) is 0 Å². The van der Waals surface area contributed by atoms with Gasteiger partial charge in [-0.1, -0.05) is 0 Å². The zero-order valence-electron chi connectivity index (χ0n) is 9.93. The molecule has 1 aromatic carbocycles. The van der Waals surface area contributed by atoms with Crippen LogP contribution in [0.3, 0.4) is 0 Å². The van der Waals surface area contributed by atoms with Crippen LogP contribution in [0.15, 0.2) is 24.5 Å². The predicted molar refractivity (Wildman–Crippen MR) is 64.2 cm³/mol. The molecule has 0 unspecified atom stereocenters. The van der Waals surface area contributed by atoms with Crippen LogP contribution >= 0.6 is 0 Å². The van der Waals surface area contributed by atoms with Crippen molar-refractivity contribution in [2.24, 2.45) is 0 Å². The third-order valence-corrected chi connectivity index (χ3v) is 2.50. The molecule has 100 valence electrons. The number of hydrogen-bond acceptors (Lipinski definition) is 4. The Morgan fingerprint density at radius 1 is 1.47 bits per heavy atom. The minimum atomic E-state index is -1.29. The van der Waals surface area contributed by atoms with E-state index in [0.29, 0.717) is 18.3 Å². The highest BCUT2D eigenvalue weighted by Gasteiger charge is 2.22. The molecule has 0 aliphatic heterocycles. The molecule has 2 aromatic rings. The Bertz CT molecular complexity index is 627. The van der Waals surface area contributed by atoms with Gasteiger partial charge in [-0.2, -0.15) is 5.10 Å². The zero-order valence-corrected chi connectivity index (χ0v) is 9.93. The summed E-state index contributed by atoms with van der Waals surface area (Å²) in [5.74, 6) is -2.45. The highest BCUT2D eigenvalue weighted by molar-refractivity contribution is 5.69. The van der Waals surface area contributed by atoms with E-state index in [1.54, 1.807) is 4.68 Å². The van der Waals surface area contributed by atoms with Gasteiger partial charge in [0.1, 0.15) is 0 Å². The lowest BCUT2D eigenvalue weighted by molar-refractivity contribution is -0.384. The molecule has 8 heteroatoms. The second kappa shape index (κ2) is 5.01. The number of anilines is 2. The number of benzene rings is 1. The normalized spacial score (nSPS) is 10.5. The van der Waals surface area contributed by atoms with E-state index in [1.807, 2.05) is 6.92 Å². The molecule has 0 aliphatic carbocycles. The zero-order chi connectivity index (χ0) is 14.0. The number of hydrogen-bond donors (Lipinski definition) is 1. The highest BCUT2D eigenvalue weighted by Crippen LogP contribution is 2.31. The number of aromatic nitrogens is 2. The second-order valence-corrected chi connectivity index (χ2v) is 3.72. The van der Waals surface area contributed by atoms with E-state index in [4.69, 9.17) is 0 Å². The summed E-state index contributed by atoms with van der Waals surface area (Å²) in [6.45, 7) is 2.44. The molecule has 2 rings (SSSR count). The van der Waals surface area contributed by atoms with Crippen LogP contribution in [0, 0.1) is 21.7 Å². The maximum absolute atomic E-state index is 13.6. The number of halogens is 2. The molecule has 0 amide bonds. The molecule has 0 aliphatic rings. The molecule has 0 fully saturated rings. The average molecular weight is 268 g/mol. The van der Waals surface area contributed by atoms with E-state index < -0.39 is 27.9 Å². The predicted octanol–water partition coefficient (Wildman–Crippen LogP) is 2.83. The Kier molecular flexibility index (Phi) is 3.41. The molecule has 1 aromatic heterocycles. The SMILES string of the molecule is CCn1cc(Nc2c([N+](=O)[O-])ccc(F)c2F)cn1. The second-order valence-electron chi connectivity index (χ2n) is 3.72. The lowest BCUT2D eigenvalue weighted by Gasteiger charge is -2.06. The van der Waals surface area contributed by atoms with E-state index in [2.05, 4.69) is 10.4 Å². The number of nitro benzene ring substituents is 1. The van der Waals surface area contributed by atoms with Crippen molar-refractivity contribution >= 4 is 17.1 Å².